The second-order valence-electron chi connectivity index (χ2n) is 3.26. The van der Waals surface area contributed by atoms with Crippen LogP contribution in [-0.4, -0.2) is 24.4 Å². The lowest BCUT2D eigenvalue weighted by Crippen LogP contribution is -2.45. The first-order valence-corrected chi connectivity index (χ1v) is 5.31. The molecule has 1 heterocycles. The number of fused-ring (bicyclic) bond motifs is 1. The zero-order chi connectivity index (χ0) is 11.4. The highest BCUT2D eigenvalue weighted by atomic mass is 32.1. The minimum Gasteiger partial charge on any atom is -0.367 e. The predicted molar refractivity (Wildman–Crippen MR) is 66.1 cm³/mol. The fourth-order valence-electron chi connectivity index (χ4n) is 1.42. The van der Waals surface area contributed by atoms with E-state index in [9.17, 15) is 4.79 Å². The molecule has 0 aliphatic carbocycles. The van der Waals surface area contributed by atoms with Crippen molar-refractivity contribution < 1.29 is 4.79 Å². The van der Waals surface area contributed by atoms with E-state index in [1.54, 1.807) is 6.07 Å². The molecule has 1 aliphatic rings. The van der Waals surface area contributed by atoms with Gasteiger partial charge in [-0.2, -0.15) is 0 Å². The Balaban J connectivity index is 2.24. The van der Waals surface area contributed by atoms with E-state index in [-0.39, 0.29) is 5.91 Å². The molecule has 2 rings (SSSR count). The predicted octanol–water partition coefficient (Wildman–Crippen LogP) is 0.221. The molecule has 1 aliphatic heterocycles. The van der Waals surface area contributed by atoms with Crippen molar-refractivity contribution in [2.24, 2.45) is 0 Å². The van der Waals surface area contributed by atoms with Crippen LogP contribution in [-0.2, 0) is 0 Å². The van der Waals surface area contributed by atoms with Gasteiger partial charge in [0.25, 0.3) is 5.91 Å². The van der Waals surface area contributed by atoms with Gasteiger partial charge in [-0.1, -0.05) is 12.1 Å². The molecule has 0 saturated heterocycles. The third kappa shape index (κ3) is 2.40. The Kier molecular flexibility index (Phi) is 3.21. The van der Waals surface area contributed by atoms with Crippen LogP contribution in [0.1, 0.15) is 10.4 Å². The average Bonchev–Trinajstić information content (AvgIpc) is 2.29. The Hall–Kier alpha value is -1.82. The summed E-state index contributed by atoms with van der Waals surface area (Å²) in [4.78, 5) is 11.8. The Morgan fingerprint density at radius 3 is 2.50 bits per heavy atom. The minimum absolute atomic E-state index is 0.125. The van der Waals surface area contributed by atoms with Gasteiger partial charge in [0, 0.05) is 5.69 Å². The minimum atomic E-state index is -0.125. The number of hydrogen-bond acceptors (Lipinski definition) is 3. The summed E-state index contributed by atoms with van der Waals surface area (Å²) in [6.07, 6.45) is 0. The maximum atomic E-state index is 11.8. The van der Waals surface area contributed by atoms with Crippen molar-refractivity contribution in [1.29, 1.82) is 0 Å². The molecule has 6 heteroatoms. The summed E-state index contributed by atoms with van der Waals surface area (Å²) in [6.45, 7) is 0.801. The van der Waals surface area contributed by atoms with Gasteiger partial charge in [0.2, 0.25) is 0 Å². The van der Waals surface area contributed by atoms with E-state index in [1.165, 1.54) is 0 Å². The molecule has 0 atom stereocenters. The molecule has 0 aromatic heterocycles. The first-order chi connectivity index (χ1) is 7.77. The van der Waals surface area contributed by atoms with Crippen LogP contribution in [0.2, 0.25) is 0 Å². The van der Waals surface area contributed by atoms with Gasteiger partial charge in [0.1, 0.15) is 0 Å². The van der Waals surface area contributed by atoms with E-state index in [4.69, 9.17) is 12.2 Å². The van der Waals surface area contributed by atoms with E-state index in [0.29, 0.717) is 24.0 Å². The highest BCUT2D eigenvalue weighted by Gasteiger charge is 2.11. The molecule has 1 amide bonds. The van der Waals surface area contributed by atoms with Crippen LogP contribution in [0.15, 0.2) is 24.3 Å². The van der Waals surface area contributed by atoms with Gasteiger partial charge >= 0.3 is 0 Å². The number of anilines is 1. The Morgan fingerprint density at radius 2 is 1.69 bits per heavy atom. The van der Waals surface area contributed by atoms with E-state index in [2.05, 4.69) is 21.3 Å². The summed E-state index contributed by atoms with van der Waals surface area (Å²) >= 11 is 4.98. The normalized spacial score (nSPS) is 16.0. The number of amides is 1. The van der Waals surface area contributed by atoms with E-state index in [0.717, 1.165) is 5.69 Å². The lowest BCUT2D eigenvalue weighted by Gasteiger charge is -2.17. The largest absolute Gasteiger partial charge is 0.367 e. The highest BCUT2D eigenvalue weighted by molar-refractivity contribution is 7.80. The average molecular weight is 236 g/mol. The van der Waals surface area contributed by atoms with Crippen molar-refractivity contribution >= 4 is 28.9 Å². The fourth-order valence-corrected chi connectivity index (χ4v) is 1.56. The molecule has 1 aromatic rings. The number of para-hydroxylation sites is 1. The summed E-state index contributed by atoms with van der Waals surface area (Å²) in [5, 5.41) is 12.2. The van der Waals surface area contributed by atoms with Gasteiger partial charge in [-0.25, -0.2) is 0 Å². The van der Waals surface area contributed by atoms with Gasteiger partial charge in [-0.15, -0.1) is 0 Å². The third-order valence-electron chi connectivity index (χ3n) is 2.20. The molecular formula is C10H12N4OS. The van der Waals surface area contributed by atoms with Crippen molar-refractivity contribution in [2.45, 2.75) is 0 Å². The Labute approximate surface area is 98.6 Å². The number of carbonyl (C=O) groups excluding carboxylic acids is 1. The summed E-state index contributed by atoms with van der Waals surface area (Å²) < 4.78 is 0. The number of nitrogens with one attached hydrogen (secondary N) is 4. The van der Waals surface area contributed by atoms with Crippen LogP contribution in [0.25, 0.3) is 0 Å². The van der Waals surface area contributed by atoms with Crippen LogP contribution in [0.3, 0.4) is 0 Å². The smallest absolute Gasteiger partial charge is 0.254 e. The summed E-state index contributed by atoms with van der Waals surface area (Å²) in [6, 6.07) is 7.34. The zero-order valence-corrected chi connectivity index (χ0v) is 9.36. The van der Waals surface area contributed by atoms with Crippen molar-refractivity contribution in [2.75, 3.05) is 18.7 Å². The lowest BCUT2D eigenvalue weighted by atomic mass is 10.1. The third-order valence-corrected chi connectivity index (χ3v) is 2.49. The second kappa shape index (κ2) is 4.80. The molecule has 84 valence electrons. The van der Waals surface area contributed by atoms with Crippen molar-refractivity contribution in [3.05, 3.63) is 29.8 Å². The first-order valence-electron chi connectivity index (χ1n) is 4.90. The monoisotopic (exact) mass is 236 g/mol. The van der Waals surface area contributed by atoms with Crippen LogP contribution < -0.4 is 21.3 Å². The highest BCUT2D eigenvalue weighted by Crippen LogP contribution is 2.14. The Bertz CT molecular complexity index is 421. The van der Waals surface area contributed by atoms with Crippen molar-refractivity contribution in [3.63, 3.8) is 0 Å². The quantitative estimate of drug-likeness (QED) is 0.485. The van der Waals surface area contributed by atoms with Crippen LogP contribution in [0, 0.1) is 0 Å². The molecule has 5 nitrogen and oxygen atoms in total. The topological polar surface area (TPSA) is 65.2 Å². The molecule has 0 bridgehead atoms. The van der Waals surface area contributed by atoms with E-state index in [1.807, 2.05) is 18.2 Å². The molecular weight excluding hydrogens is 224 g/mol. The second-order valence-corrected chi connectivity index (χ2v) is 3.67. The van der Waals surface area contributed by atoms with Gasteiger partial charge in [-0.3, -0.25) is 4.79 Å². The molecule has 16 heavy (non-hydrogen) atoms. The molecule has 4 N–H and O–H groups in total. The molecule has 0 unspecified atom stereocenters. The fraction of sp³-hybridized carbons (Fsp3) is 0.200. The van der Waals surface area contributed by atoms with Gasteiger partial charge in [0.15, 0.2) is 5.11 Å². The molecule has 0 saturated carbocycles. The molecule has 1 aromatic carbocycles. The number of hydrogen-bond donors (Lipinski definition) is 4. The van der Waals surface area contributed by atoms with Crippen LogP contribution >= 0.6 is 12.2 Å². The number of carbonyl (C=O) groups is 1. The van der Waals surface area contributed by atoms with Gasteiger partial charge < -0.3 is 21.3 Å². The molecule has 0 spiro atoms. The molecule has 0 fully saturated rings. The summed E-state index contributed by atoms with van der Waals surface area (Å²) in [7, 11) is 0. The van der Waals surface area contributed by atoms with Crippen LogP contribution in [0.4, 0.5) is 5.69 Å². The summed E-state index contributed by atoms with van der Waals surface area (Å²) in [5.41, 5.74) is 1.41. The van der Waals surface area contributed by atoms with Gasteiger partial charge in [-0.05, 0) is 24.4 Å². The van der Waals surface area contributed by atoms with Crippen molar-refractivity contribution in [3.8, 4) is 0 Å². The number of thiocarbonyl (C=S) groups is 1. The standard InChI is InChI=1S/C10H12N4OS/c15-9-7-3-1-2-4-8(7)11-5-13-10(16)14-6-12-9/h1-4,11H,5-6H2,(H,12,15)(H2,13,14,16). The zero-order valence-electron chi connectivity index (χ0n) is 8.54. The number of rotatable bonds is 0. The summed E-state index contributed by atoms with van der Waals surface area (Å²) in [5.74, 6) is -0.125. The maximum absolute atomic E-state index is 11.8. The Morgan fingerprint density at radius 1 is 1.00 bits per heavy atom. The SMILES string of the molecule is O=C1NCNC(=S)NCNc2ccccc21. The molecule has 0 radical (unpaired) electrons. The van der Waals surface area contributed by atoms with Crippen molar-refractivity contribution in [1.82, 2.24) is 16.0 Å². The van der Waals surface area contributed by atoms with E-state index < -0.39 is 0 Å². The lowest BCUT2D eigenvalue weighted by molar-refractivity contribution is 0.0953. The van der Waals surface area contributed by atoms with Gasteiger partial charge in [0.05, 0.1) is 18.9 Å². The maximum Gasteiger partial charge on any atom is 0.254 e. The number of benzene rings is 1. The first kappa shape index (κ1) is 10.7. The van der Waals surface area contributed by atoms with E-state index >= 15 is 0 Å². The van der Waals surface area contributed by atoms with Crippen LogP contribution in [0.5, 0.6) is 0 Å².